The molecule has 4 aromatic rings. The van der Waals surface area contributed by atoms with E-state index in [1.165, 1.54) is 22.3 Å². The summed E-state index contributed by atoms with van der Waals surface area (Å²) in [6.07, 6.45) is 1.92. The van der Waals surface area contributed by atoms with Crippen LogP contribution in [0.1, 0.15) is 25.2 Å². The first kappa shape index (κ1) is 16.3. The van der Waals surface area contributed by atoms with Gasteiger partial charge in [0.15, 0.2) is 0 Å². The zero-order chi connectivity index (χ0) is 17.9. The standard InChI is InChI=1S/C22H15NO.C2H6/c1-2-6-15(7-3-1)17-8-4-5-9-18(17)16-10-11-21-19(12-16)20-13-23-14-22(20)24-21;1-2/h1-13H,14H2;1-2H3. The zero-order valence-corrected chi connectivity index (χ0v) is 15.1. The van der Waals surface area contributed by atoms with E-state index >= 15 is 0 Å². The Hall–Kier alpha value is -3.13. The fraction of sp³-hybridized carbons (Fsp3) is 0.125. The number of fused-ring (bicyclic) bond motifs is 3. The molecule has 2 heteroatoms. The molecule has 0 radical (unpaired) electrons. The van der Waals surface area contributed by atoms with Gasteiger partial charge in [0.2, 0.25) is 0 Å². The highest BCUT2D eigenvalue weighted by Gasteiger charge is 2.17. The molecule has 0 bridgehead atoms. The van der Waals surface area contributed by atoms with E-state index in [9.17, 15) is 0 Å². The van der Waals surface area contributed by atoms with Gasteiger partial charge in [0.25, 0.3) is 0 Å². The summed E-state index contributed by atoms with van der Waals surface area (Å²) in [5.41, 5.74) is 6.97. The van der Waals surface area contributed by atoms with Gasteiger partial charge < -0.3 is 4.42 Å². The molecule has 0 atom stereocenters. The molecule has 26 heavy (non-hydrogen) atoms. The number of furan rings is 1. The van der Waals surface area contributed by atoms with E-state index in [1.54, 1.807) is 0 Å². The van der Waals surface area contributed by atoms with Crippen LogP contribution in [0.15, 0.2) is 82.2 Å². The Bertz CT molecular complexity index is 1070. The third-order valence-electron chi connectivity index (χ3n) is 4.58. The van der Waals surface area contributed by atoms with Gasteiger partial charge in [-0.25, -0.2) is 0 Å². The Morgan fingerprint density at radius 3 is 2.23 bits per heavy atom. The van der Waals surface area contributed by atoms with E-state index in [2.05, 4.69) is 71.7 Å². The molecule has 5 rings (SSSR count). The van der Waals surface area contributed by atoms with Crippen molar-refractivity contribution in [1.29, 1.82) is 0 Å². The second-order valence-electron chi connectivity index (χ2n) is 6.03. The van der Waals surface area contributed by atoms with E-state index in [4.69, 9.17) is 4.42 Å². The van der Waals surface area contributed by atoms with Crippen LogP contribution in [0, 0.1) is 0 Å². The van der Waals surface area contributed by atoms with Crippen molar-refractivity contribution in [3.05, 3.63) is 84.1 Å². The molecule has 1 aromatic heterocycles. The average molecular weight is 339 g/mol. The molecule has 0 saturated carbocycles. The molecule has 0 fully saturated rings. The minimum atomic E-state index is 0.653. The molecule has 0 N–H and O–H groups in total. The average Bonchev–Trinajstić information content (AvgIpc) is 3.31. The van der Waals surface area contributed by atoms with Gasteiger partial charge in [-0.15, -0.1) is 0 Å². The SMILES string of the molecule is C1=NCc2oc3ccc(-c4ccccc4-c4ccccc4)cc3c21.CC. The van der Waals surface area contributed by atoms with E-state index in [0.717, 1.165) is 22.3 Å². The lowest BCUT2D eigenvalue weighted by Gasteiger charge is -2.10. The predicted molar refractivity (Wildman–Crippen MR) is 110 cm³/mol. The van der Waals surface area contributed by atoms with Crippen LogP contribution in [-0.4, -0.2) is 6.21 Å². The van der Waals surface area contributed by atoms with Crippen molar-refractivity contribution in [2.24, 2.45) is 4.99 Å². The molecule has 1 aliphatic heterocycles. The van der Waals surface area contributed by atoms with Crippen LogP contribution in [0.25, 0.3) is 33.2 Å². The first-order chi connectivity index (χ1) is 12.9. The lowest BCUT2D eigenvalue weighted by atomic mass is 9.94. The Kier molecular flexibility index (Phi) is 4.40. The molecular weight excluding hydrogens is 318 g/mol. The molecule has 0 unspecified atom stereocenters. The fourth-order valence-electron chi connectivity index (χ4n) is 3.42. The molecule has 128 valence electrons. The number of benzene rings is 3. The van der Waals surface area contributed by atoms with Crippen molar-refractivity contribution in [1.82, 2.24) is 0 Å². The summed E-state index contributed by atoms with van der Waals surface area (Å²) in [6, 6.07) is 25.5. The van der Waals surface area contributed by atoms with Gasteiger partial charge in [-0.05, 0) is 34.4 Å². The molecule has 0 amide bonds. The van der Waals surface area contributed by atoms with E-state index in [1.807, 2.05) is 26.1 Å². The van der Waals surface area contributed by atoms with Crippen molar-refractivity contribution >= 4 is 17.2 Å². The van der Waals surface area contributed by atoms with Gasteiger partial charge >= 0.3 is 0 Å². The van der Waals surface area contributed by atoms with E-state index in [0.29, 0.717) is 6.54 Å². The highest BCUT2D eigenvalue weighted by Crippen LogP contribution is 2.36. The monoisotopic (exact) mass is 339 g/mol. The van der Waals surface area contributed by atoms with E-state index in [-0.39, 0.29) is 0 Å². The van der Waals surface area contributed by atoms with Gasteiger partial charge in [-0.2, -0.15) is 0 Å². The van der Waals surface area contributed by atoms with Crippen LogP contribution in [0.4, 0.5) is 0 Å². The van der Waals surface area contributed by atoms with Gasteiger partial charge in [0.05, 0.1) is 6.54 Å². The summed E-state index contributed by atoms with van der Waals surface area (Å²) in [7, 11) is 0. The second-order valence-corrected chi connectivity index (χ2v) is 6.03. The number of rotatable bonds is 2. The molecule has 1 aliphatic rings. The minimum absolute atomic E-state index is 0.653. The zero-order valence-electron chi connectivity index (χ0n) is 15.1. The number of hydrogen-bond acceptors (Lipinski definition) is 2. The lowest BCUT2D eigenvalue weighted by molar-refractivity contribution is 0.557. The van der Waals surface area contributed by atoms with Crippen LogP contribution in [-0.2, 0) is 6.54 Å². The first-order valence-corrected chi connectivity index (χ1v) is 9.10. The quantitative estimate of drug-likeness (QED) is 0.398. The van der Waals surface area contributed by atoms with Gasteiger partial charge in [-0.3, -0.25) is 4.99 Å². The van der Waals surface area contributed by atoms with Gasteiger partial charge in [-0.1, -0.05) is 74.5 Å². The maximum Gasteiger partial charge on any atom is 0.135 e. The maximum atomic E-state index is 5.89. The summed E-state index contributed by atoms with van der Waals surface area (Å²) in [4.78, 5) is 4.31. The highest BCUT2D eigenvalue weighted by atomic mass is 16.3. The van der Waals surface area contributed by atoms with Crippen molar-refractivity contribution in [2.75, 3.05) is 0 Å². The lowest BCUT2D eigenvalue weighted by Crippen LogP contribution is -1.85. The molecular formula is C24H21NO. The topological polar surface area (TPSA) is 25.5 Å². The molecule has 3 aromatic carbocycles. The normalized spacial score (nSPS) is 11.9. The summed E-state index contributed by atoms with van der Waals surface area (Å²) in [5, 5.41) is 1.15. The van der Waals surface area contributed by atoms with Crippen LogP contribution in [0.3, 0.4) is 0 Å². The summed E-state index contributed by atoms with van der Waals surface area (Å²) >= 11 is 0. The second kappa shape index (κ2) is 7.01. The number of aliphatic imine (C=N–C) groups is 1. The number of nitrogens with zero attached hydrogens (tertiary/aromatic N) is 1. The molecule has 2 nitrogen and oxygen atoms in total. The van der Waals surface area contributed by atoms with Crippen LogP contribution in [0.2, 0.25) is 0 Å². The summed E-state index contributed by atoms with van der Waals surface area (Å²) in [5.74, 6) is 0.971. The highest BCUT2D eigenvalue weighted by molar-refractivity contribution is 6.02. The Morgan fingerprint density at radius 2 is 1.46 bits per heavy atom. The van der Waals surface area contributed by atoms with Gasteiger partial charge in [0.1, 0.15) is 11.3 Å². The van der Waals surface area contributed by atoms with Crippen LogP contribution < -0.4 is 0 Å². The smallest absolute Gasteiger partial charge is 0.135 e. The molecule has 2 heterocycles. The largest absolute Gasteiger partial charge is 0.458 e. The van der Waals surface area contributed by atoms with Crippen molar-refractivity contribution in [3.8, 4) is 22.3 Å². The van der Waals surface area contributed by atoms with Crippen molar-refractivity contribution in [3.63, 3.8) is 0 Å². The number of hydrogen-bond donors (Lipinski definition) is 0. The van der Waals surface area contributed by atoms with Crippen molar-refractivity contribution < 1.29 is 4.42 Å². The summed E-state index contributed by atoms with van der Waals surface area (Å²) < 4.78 is 5.89. The first-order valence-electron chi connectivity index (χ1n) is 9.10. The molecule has 0 aliphatic carbocycles. The Morgan fingerprint density at radius 1 is 0.769 bits per heavy atom. The Labute approximate surface area is 153 Å². The van der Waals surface area contributed by atoms with Crippen LogP contribution >= 0.6 is 0 Å². The fourth-order valence-corrected chi connectivity index (χ4v) is 3.42. The minimum Gasteiger partial charge on any atom is -0.458 e. The Balaban J connectivity index is 0.000000814. The third-order valence-corrected chi connectivity index (χ3v) is 4.58. The molecule has 0 spiro atoms. The predicted octanol–water partition coefficient (Wildman–Crippen LogP) is 6.73. The van der Waals surface area contributed by atoms with E-state index < -0.39 is 0 Å². The van der Waals surface area contributed by atoms with Crippen LogP contribution in [0.5, 0.6) is 0 Å². The van der Waals surface area contributed by atoms with Gasteiger partial charge in [0, 0.05) is 17.2 Å². The molecule has 0 saturated heterocycles. The maximum absolute atomic E-state index is 5.89. The van der Waals surface area contributed by atoms with Crippen molar-refractivity contribution in [2.45, 2.75) is 20.4 Å². The summed E-state index contributed by atoms with van der Waals surface area (Å²) in [6.45, 7) is 4.65. The third kappa shape index (κ3) is 2.74.